The summed E-state index contributed by atoms with van der Waals surface area (Å²) < 4.78 is 0. The van der Waals surface area contributed by atoms with Crippen molar-refractivity contribution in [3.63, 3.8) is 0 Å². The van der Waals surface area contributed by atoms with Gasteiger partial charge in [-0.3, -0.25) is 0 Å². The molecule has 18 heavy (non-hydrogen) atoms. The minimum atomic E-state index is -0.518. The second kappa shape index (κ2) is 7.46. The number of piperidine rings is 1. The highest BCUT2D eigenvalue weighted by molar-refractivity contribution is 4.76. The summed E-state index contributed by atoms with van der Waals surface area (Å²) in [6.45, 7) is 14.1. The third kappa shape index (κ3) is 7.34. The summed E-state index contributed by atoms with van der Waals surface area (Å²) in [5, 5.41) is 13.3. The molecule has 0 aliphatic carbocycles. The number of likely N-dealkylation sites (tertiary alicyclic amines) is 1. The molecule has 0 aromatic rings. The van der Waals surface area contributed by atoms with Gasteiger partial charge in [0.1, 0.15) is 0 Å². The predicted molar refractivity (Wildman–Crippen MR) is 77.8 cm³/mol. The number of nitrogens with zero attached hydrogens (tertiary/aromatic N) is 1. The highest BCUT2D eigenvalue weighted by Gasteiger charge is 2.21. The maximum absolute atomic E-state index is 9.73. The Morgan fingerprint density at radius 2 is 1.89 bits per heavy atom. The lowest BCUT2D eigenvalue weighted by Crippen LogP contribution is -2.40. The first kappa shape index (κ1) is 15.9. The Morgan fingerprint density at radius 3 is 2.39 bits per heavy atom. The van der Waals surface area contributed by atoms with Gasteiger partial charge < -0.3 is 15.3 Å². The number of hydrogen-bond donors (Lipinski definition) is 2. The molecule has 0 unspecified atom stereocenters. The molecule has 0 radical (unpaired) electrons. The van der Waals surface area contributed by atoms with Crippen molar-refractivity contribution in [2.24, 2.45) is 11.8 Å². The Hall–Kier alpha value is -0.120. The smallest absolute Gasteiger partial charge is 0.0603 e. The fourth-order valence-electron chi connectivity index (χ4n) is 2.42. The van der Waals surface area contributed by atoms with Crippen LogP contribution < -0.4 is 5.32 Å². The molecule has 0 atom stereocenters. The van der Waals surface area contributed by atoms with Gasteiger partial charge in [0.25, 0.3) is 0 Å². The summed E-state index contributed by atoms with van der Waals surface area (Å²) >= 11 is 0. The highest BCUT2D eigenvalue weighted by Crippen LogP contribution is 2.18. The number of rotatable bonds is 7. The minimum Gasteiger partial charge on any atom is -0.390 e. The predicted octanol–water partition coefficient (Wildman–Crippen LogP) is 2.10. The molecule has 0 bridgehead atoms. The van der Waals surface area contributed by atoms with E-state index in [0.29, 0.717) is 0 Å². The van der Waals surface area contributed by atoms with Crippen LogP contribution in [0.25, 0.3) is 0 Å². The maximum atomic E-state index is 9.73. The van der Waals surface area contributed by atoms with Crippen LogP contribution in [0.1, 0.15) is 47.0 Å². The van der Waals surface area contributed by atoms with Crippen molar-refractivity contribution in [1.29, 1.82) is 0 Å². The molecule has 1 aliphatic rings. The molecule has 1 heterocycles. The van der Waals surface area contributed by atoms with Crippen molar-refractivity contribution in [1.82, 2.24) is 10.2 Å². The molecule has 1 aliphatic heterocycles. The van der Waals surface area contributed by atoms with Gasteiger partial charge in [-0.25, -0.2) is 0 Å². The highest BCUT2D eigenvalue weighted by atomic mass is 16.3. The zero-order chi connectivity index (χ0) is 13.6. The van der Waals surface area contributed by atoms with Crippen molar-refractivity contribution in [2.45, 2.75) is 52.6 Å². The summed E-state index contributed by atoms with van der Waals surface area (Å²) in [7, 11) is 0. The van der Waals surface area contributed by atoms with Crippen LogP contribution in [0.2, 0.25) is 0 Å². The van der Waals surface area contributed by atoms with Crippen LogP contribution in [-0.4, -0.2) is 48.3 Å². The first-order valence-electron chi connectivity index (χ1n) is 7.52. The molecule has 0 amide bonds. The number of hydrogen-bond acceptors (Lipinski definition) is 3. The standard InChI is InChI=1S/C15H32N2O/c1-13(2)11-16-12-14-5-8-17(9-6-14)10-7-15(3,4)18/h13-14,16,18H,5-12H2,1-4H3. The molecule has 3 nitrogen and oxygen atoms in total. The molecular formula is C15H32N2O. The molecule has 0 spiro atoms. The summed E-state index contributed by atoms with van der Waals surface area (Å²) in [6, 6.07) is 0. The summed E-state index contributed by atoms with van der Waals surface area (Å²) in [5.74, 6) is 1.60. The van der Waals surface area contributed by atoms with Gasteiger partial charge >= 0.3 is 0 Å². The second-order valence-corrected chi connectivity index (χ2v) is 6.90. The lowest BCUT2D eigenvalue weighted by Gasteiger charge is -2.33. The fraction of sp³-hybridized carbons (Fsp3) is 1.00. The Bertz CT molecular complexity index is 215. The largest absolute Gasteiger partial charge is 0.390 e. The zero-order valence-electron chi connectivity index (χ0n) is 12.7. The van der Waals surface area contributed by atoms with Gasteiger partial charge in [-0.2, -0.15) is 0 Å². The van der Waals surface area contributed by atoms with Crippen LogP contribution in [-0.2, 0) is 0 Å². The van der Waals surface area contributed by atoms with E-state index < -0.39 is 5.60 Å². The van der Waals surface area contributed by atoms with Crippen LogP contribution in [0.3, 0.4) is 0 Å². The van der Waals surface area contributed by atoms with E-state index in [0.717, 1.165) is 31.3 Å². The van der Waals surface area contributed by atoms with E-state index in [1.54, 1.807) is 0 Å². The number of aliphatic hydroxyl groups is 1. The van der Waals surface area contributed by atoms with Crippen molar-refractivity contribution in [3.8, 4) is 0 Å². The van der Waals surface area contributed by atoms with Gasteiger partial charge in [0, 0.05) is 6.54 Å². The van der Waals surface area contributed by atoms with Gasteiger partial charge in [0.05, 0.1) is 5.60 Å². The summed E-state index contributed by atoms with van der Waals surface area (Å²) in [5.41, 5.74) is -0.518. The quantitative estimate of drug-likeness (QED) is 0.732. The topological polar surface area (TPSA) is 35.5 Å². The molecule has 0 aromatic carbocycles. The number of nitrogens with one attached hydrogen (secondary N) is 1. The molecule has 0 aromatic heterocycles. The van der Waals surface area contributed by atoms with Crippen molar-refractivity contribution >= 4 is 0 Å². The SMILES string of the molecule is CC(C)CNCC1CCN(CCC(C)(C)O)CC1. The Kier molecular flexibility index (Phi) is 6.61. The van der Waals surface area contributed by atoms with Crippen LogP contribution in [0, 0.1) is 11.8 Å². The zero-order valence-corrected chi connectivity index (χ0v) is 12.7. The Morgan fingerprint density at radius 1 is 1.28 bits per heavy atom. The van der Waals surface area contributed by atoms with Crippen LogP contribution >= 0.6 is 0 Å². The van der Waals surface area contributed by atoms with E-state index in [-0.39, 0.29) is 0 Å². The molecule has 108 valence electrons. The molecule has 1 rings (SSSR count). The van der Waals surface area contributed by atoms with Crippen molar-refractivity contribution in [3.05, 3.63) is 0 Å². The summed E-state index contributed by atoms with van der Waals surface area (Å²) in [4.78, 5) is 2.50. The van der Waals surface area contributed by atoms with E-state index in [2.05, 4.69) is 24.1 Å². The third-order valence-corrected chi connectivity index (χ3v) is 3.73. The van der Waals surface area contributed by atoms with Crippen molar-refractivity contribution < 1.29 is 5.11 Å². The van der Waals surface area contributed by atoms with Gasteiger partial charge in [-0.1, -0.05) is 13.8 Å². The lowest BCUT2D eigenvalue weighted by atomic mass is 9.95. The maximum Gasteiger partial charge on any atom is 0.0603 e. The Labute approximate surface area is 113 Å². The van der Waals surface area contributed by atoms with E-state index in [1.165, 1.54) is 32.5 Å². The van der Waals surface area contributed by atoms with Gasteiger partial charge in [-0.05, 0) is 71.1 Å². The fourth-order valence-corrected chi connectivity index (χ4v) is 2.42. The van der Waals surface area contributed by atoms with E-state index >= 15 is 0 Å². The average molecular weight is 256 g/mol. The van der Waals surface area contributed by atoms with Crippen LogP contribution in [0.15, 0.2) is 0 Å². The van der Waals surface area contributed by atoms with Crippen LogP contribution in [0.5, 0.6) is 0 Å². The Balaban J connectivity index is 2.09. The molecule has 2 N–H and O–H groups in total. The van der Waals surface area contributed by atoms with E-state index in [1.807, 2.05) is 13.8 Å². The van der Waals surface area contributed by atoms with E-state index in [9.17, 15) is 5.11 Å². The van der Waals surface area contributed by atoms with Crippen molar-refractivity contribution in [2.75, 3.05) is 32.7 Å². The minimum absolute atomic E-state index is 0.518. The summed E-state index contributed by atoms with van der Waals surface area (Å²) in [6.07, 6.45) is 3.48. The molecular weight excluding hydrogens is 224 g/mol. The second-order valence-electron chi connectivity index (χ2n) is 6.90. The van der Waals surface area contributed by atoms with E-state index in [4.69, 9.17) is 0 Å². The average Bonchev–Trinajstić information content (AvgIpc) is 2.26. The molecule has 3 heteroatoms. The van der Waals surface area contributed by atoms with Gasteiger partial charge in [0.15, 0.2) is 0 Å². The lowest BCUT2D eigenvalue weighted by molar-refractivity contribution is 0.0520. The third-order valence-electron chi connectivity index (χ3n) is 3.73. The van der Waals surface area contributed by atoms with Crippen LogP contribution in [0.4, 0.5) is 0 Å². The normalized spacial score (nSPS) is 19.7. The van der Waals surface area contributed by atoms with Gasteiger partial charge in [0.2, 0.25) is 0 Å². The molecule has 0 saturated carbocycles. The van der Waals surface area contributed by atoms with Gasteiger partial charge in [-0.15, -0.1) is 0 Å². The molecule has 1 fully saturated rings. The molecule has 1 saturated heterocycles. The first-order valence-corrected chi connectivity index (χ1v) is 7.52. The first-order chi connectivity index (χ1) is 8.37. The monoisotopic (exact) mass is 256 g/mol.